The summed E-state index contributed by atoms with van der Waals surface area (Å²) in [5.41, 5.74) is 0.408. The summed E-state index contributed by atoms with van der Waals surface area (Å²) in [4.78, 5) is 21.2. The van der Waals surface area contributed by atoms with E-state index in [0.29, 0.717) is 18.1 Å². The Labute approximate surface area is 112 Å². The second-order valence-corrected chi connectivity index (χ2v) is 4.83. The molecular formula is C13H18N4O2. The van der Waals surface area contributed by atoms with Gasteiger partial charge in [-0.05, 0) is 6.92 Å². The molecule has 1 aromatic rings. The lowest BCUT2D eigenvalue weighted by Gasteiger charge is -2.21. The van der Waals surface area contributed by atoms with Gasteiger partial charge in [-0.2, -0.15) is 5.26 Å². The van der Waals surface area contributed by atoms with Gasteiger partial charge in [-0.25, -0.2) is 14.8 Å². The first-order valence-electron chi connectivity index (χ1n) is 6.07. The number of anilines is 1. The van der Waals surface area contributed by atoms with E-state index in [1.54, 1.807) is 18.9 Å². The number of aromatic carboxylic acids is 1. The maximum absolute atomic E-state index is 11.3. The molecule has 0 aliphatic rings. The van der Waals surface area contributed by atoms with Crippen LogP contribution in [0.5, 0.6) is 0 Å². The standard InChI is InChI=1S/C13H18N4O2/c1-8(2)12-15-6-10(11(16-12)13(18)19)17(4)7-9(3)5-14/h6,8-9H,7H2,1-4H3,(H,18,19). The van der Waals surface area contributed by atoms with Crippen LogP contribution in [0.25, 0.3) is 0 Å². The van der Waals surface area contributed by atoms with Crippen molar-refractivity contribution in [2.75, 3.05) is 18.5 Å². The Morgan fingerprint density at radius 3 is 2.63 bits per heavy atom. The van der Waals surface area contributed by atoms with Gasteiger partial charge in [0.1, 0.15) is 5.82 Å². The molecule has 0 fully saturated rings. The Morgan fingerprint density at radius 1 is 1.53 bits per heavy atom. The number of carboxylic acid groups (broad SMARTS) is 1. The molecule has 0 bridgehead atoms. The van der Waals surface area contributed by atoms with Gasteiger partial charge in [-0.3, -0.25) is 0 Å². The lowest BCUT2D eigenvalue weighted by Crippen LogP contribution is -2.26. The molecule has 0 saturated heterocycles. The predicted octanol–water partition coefficient (Wildman–Crippen LogP) is 1.89. The first-order chi connectivity index (χ1) is 8.86. The topological polar surface area (TPSA) is 90.1 Å². The van der Waals surface area contributed by atoms with Crippen LogP contribution < -0.4 is 4.90 Å². The lowest BCUT2D eigenvalue weighted by molar-refractivity contribution is 0.0690. The first-order valence-corrected chi connectivity index (χ1v) is 6.07. The summed E-state index contributed by atoms with van der Waals surface area (Å²) in [6, 6.07) is 2.11. The van der Waals surface area contributed by atoms with Gasteiger partial charge in [0, 0.05) is 19.5 Å². The Kier molecular flexibility index (Phi) is 4.81. The number of hydrogen-bond donors (Lipinski definition) is 1. The van der Waals surface area contributed by atoms with Crippen LogP contribution in [0.1, 0.15) is 43.0 Å². The number of aromatic nitrogens is 2. The molecule has 0 spiro atoms. The van der Waals surface area contributed by atoms with E-state index >= 15 is 0 Å². The zero-order chi connectivity index (χ0) is 14.6. The van der Waals surface area contributed by atoms with Crippen molar-refractivity contribution >= 4 is 11.7 Å². The monoisotopic (exact) mass is 262 g/mol. The van der Waals surface area contributed by atoms with Crippen LogP contribution >= 0.6 is 0 Å². The van der Waals surface area contributed by atoms with E-state index in [9.17, 15) is 9.90 Å². The highest BCUT2D eigenvalue weighted by Gasteiger charge is 2.19. The quantitative estimate of drug-likeness (QED) is 0.871. The van der Waals surface area contributed by atoms with E-state index in [1.165, 1.54) is 6.20 Å². The van der Waals surface area contributed by atoms with Crippen LogP contribution in [0.15, 0.2) is 6.20 Å². The molecule has 1 atom stereocenters. The van der Waals surface area contributed by atoms with E-state index in [-0.39, 0.29) is 17.5 Å². The summed E-state index contributed by atoms with van der Waals surface area (Å²) in [6.07, 6.45) is 1.51. The highest BCUT2D eigenvalue weighted by atomic mass is 16.4. The van der Waals surface area contributed by atoms with Crippen molar-refractivity contribution in [2.45, 2.75) is 26.7 Å². The largest absolute Gasteiger partial charge is 0.476 e. The molecule has 0 aliphatic heterocycles. The normalized spacial score (nSPS) is 12.0. The van der Waals surface area contributed by atoms with Gasteiger partial charge < -0.3 is 10.0 Å². The number of carboxylic acids is 1. The van der Waals surface area contributed by atoms with Crippen LogP contribution in [0, 0.1) is 17.2 Å². The Hall–Kier alpha value is -2.16. The highest BCUT2D eigenvalue weighted by Crippen LogP contribution is 2.20. The smallest absolute Gasteiger partial charge is 0.356 e. The second-order valence-electron chi connectivity index (χ2n) is 4.83. The predicted molar refractivity (Wildman–Crippen MR) is 71.1 cm³/mol. The number of hydrogen-bond acceptors (Lipinski definition) is 5. The summed E-state index contributed by atoms with van der Waals surface area (Å²) in [6.45, 7) is 6.02. The number of nitriles is 1. The van der Waals surface area contributed by atoms with Gasteiger partial charge >= 0.3 is 5.97 Å². The summed E-state index contributed by atoms with van der Waals surface area (Å²) in [5, 5.41) is 18.0. The van der Waals surface area contributed by atoms with Crippen molar-refractivity contribution in [3.63, 3.8) is 0 Å². The molecule has 1 unspecified atom stereocenters. The molecule has 19 heavy (non-hydrogen) atoms. The summed E-state index contributed by atoms with van der Waals surface area (Å²) in [5.74, 6) is -0.717. The Morgan fingerprint density at radius 2 is 2.16 bits per heavy atom. The van der Waals surface area contributed by atoms with Gasteiger partial charge in [0.05, 0.1) is 23.9 Å². The molecule has 0 aliphatic carbocycles. The van der Waals surface area contributed by atoms with E-state index in [1.807, 2.05) is 13.8 Å². The number of rotatable bonds is 5. The fraction of sp³-hybridized carbons (Fsp3) is 0.538. The summed E-state index contributed by atoms with van der Waals surface area (Å²) >= 11 is 0. The third kappa shape index (κ3) is 3.65. The minimum atomic E-state index is -1.09. The molecule has 0 aromatic carbocycles. The maximum Gasteiger partial charge on any atom is 0.356 e. The van der Waals surface area contributed by atoms with Gasteiger partial charge in [0.25, 0.3) is 0 Å². The number of carbonyl (C=O) groups is 1. The summed E-state index contributed by atoms with van der Waals surface area (Å²) < 4.78 is 0. The van der Waals surface area contributed by atoms with E-state index < -0.39 is 5.97 Å². The molecule has 1 aromatic heterocycles. The van der Waals surface area contributed by atoms with Crippen LogP contribution in [0.4, 0.5) is 5.69 Å². The van der Waals surface area contributed by atoms with Crippen molar-refractivity contribution in [2.24, 2.45) is 5.92 Å². The van der Waals surface area contributed by atoms with Crippen molar-refractivity contribution in [3.05, 3.63) is 17.7 Å². The molecule has 1 heterocycles. The zero-order valence-corrected chi connectivity index (χ0v) is 11.6. The third-order valence-electron chi connectivity index (χ3n) is 2.69. The van der Waals surface area contributed by atoms with Crippen LogP contribution in [-0.4, -0.2) is 34.6 Å². The molecule has 6 heteroatoms. The fourth-order valence-corrected chi connectivity index (χ4v) is 1.65. The minimum absolute atomic E-state index is 0.0219. The van der Waals surface area contributed by atoms with Crippen molar-refractivity contribution < 1.29 is 9.90 Å². The Bertz CT molecular complexity index is 508. The molecule has 102 valence electrons. The maximum atomic E-state index is 11.3. The summed E-state index contributed by atoms with van der Waals surface area (Å²) in [7, 11) is 1.73. The van der Waals surface area contributed by atoms with Crippen molar-refractivity contribution in [1.82, 2.24) is 9.97 Å². The molecule has 1 N–H and O–H groups in total. The Balaban J connectivity index is 3.13. The molecule has 0 radical (unpaired) electrons. The zero-order valence-electron chi connectivity index (χ0n) is 11.6. The molecule has 0 amide bonds. The third-order valence-corrected chi connectivity index (χ3v) is 2.69. The van der Waals surface area contributed by atoms with Crippen LogP contribution in [0.2, 0.25) is 0 Å². The van der Waals surface area contributed by atoms with Crippen molar-refractivity contribution in [3.8, 4) is 6.07 Å². The highest BCUT2D eigenvalue weighted by molar-refractivity contribution is 5.91. The average Bonchev–Trinajstić information content (AvgIpc) is 2.37. The van der Waals surface area contributed by atoms with Crippen molar-refractivity contribution in [1.29, 1.82) is 5.26 Å². The van der Waals surface area contributed by atoms with Crippen LogP contribution in [-0.2, 0) is 0 Å². The molecular weight excluding hydrogens is 244 g/mol. The van der Waals surface area contributed by atoms with Crippen LogP contribution in [0.3, 0.4) is 0 Å². The average molecular weight is 262 g/mol. The lowest BCUT2D eigenvalue weighted by atomic mass is 10.1. The van der Waals surface area contributed by atoms with Gasteiger partial charge in [-0.1, -0.05) is 13.8 Å². The first kappa shape index (κ1) is 14.9. The molecule has 0 saturated carbocycles. The van der Waals surface area contributed by atoms with E-state index in [0.717, 1.165) is 0 Å². The van der Waals surface area contributed by atoms with E-state index in [2.05, 4.69) is 16.0 Å². The fourth-order valence-electron chi connectivity index (χ4n) is 1.65. The SMILES string of the molecule is CC(C#N)CN(C)c1cnc(C(C)C)nc1C(=O)O. The van der Waals surface area contributed by atoms with E-state index in [4.69, 9.17) is 5.26 Å². The molecule has 6 nitrogen and oxygen atoms in total. The number of nitrogens with zero attached hydrogens (tertiary/aromatic N) is 4. The second kappa shape index (κ2) is 6.14. The molecule has 1 rings (SSSR count). The van der Waals surface area contributed by atoms with Gasteiger partial charge in [0.15, 0.2) is 5.69 Å². The minimum Gasteiger partial charge on any atom is -0.476 e. The van der Waals surface area contributed by atoms with Gasteiger partial charge in [-0.15, -0.1) is 0 Å². The van der Waals surface area contributed by atoms with Gasteiger partial charge in [0.2, 0.25) is 0 Å².